The molecule has 1 aromatic carbocycles. The maximum Gasteiger partial charge on any atom is 0.122 e. The molecule has 0 aromatic heterocycles. The van der Waals surface area contributed by atoms with E-state index in [1.54, 1.807) is 0 Å². The number of hydrogen-bond donors (Lipinski definition) is 1. The summed E-state index contributed by atoms with van der Waals surface area (Å²) in [5.41, 5.74) is 2.77. The predicted molar refractivity (Wildman–Crippen MR) is 71.6 cm³/mol. The predicted octanol–water partition coefficient (Wildman–Crippen LogP) is 3.46. The van der Waals surface area contributed by atoms with Crippen LogP contribution in [0.3, 0.4) is 0 Å². The zero-order valence-corrected chi connectivity index (χ0v) is 11.1. The number of rotatable bonds is 5. The third kappa shape index (κ3) is 2.81. The zero-order chi connectivity index (χ0) is 12.3. The molecule has 2 heteroatoms. The van der Waals surface area contributed by atoms with Gasteiger partial charge < -0.3 is 10.1 Å². The van der Waals surface area contributed by atoms with Crippen molar-refractivity contribution in [3.8, 4) is 5.75 Å². The van der Waals surface area contributed by atoms with E-state index in [0.717, 1.165) is 25.2 Å². The van der Waals surface area contributed by atoms with Crippen molar-refractivity contribution >= 4 is 0 Å². The van der Waals surface area contributed by atoms with Crippen molar-refractivity contribution in [2.45, 2.75) is 52.1 Å². The topological polar surface area (TPSA) is 21.3 Å². The molecule has 1 aliphatic heterocycles. The highest BCUT2D eigenvalue weighted by Crippen LogP contribution is 2.29. The lowest BCUT2D eigenvalue weighted by Gasteiger charge is -2.22. The normalized spacial score (nSPS) is 17.4. The van der Waals surface area contributed by atoms with Gasteiger partial charge in [0.05, 0.1) is 6.61 Å². The molecule has 0 saturated carbocycles. The van der Waals surface area contributed by atoms with Gasteiger partial charge in [0.2, 0.25) is 0 Å². The molecule has 94 valence electrons. The molecule has 2 atom stereocenters. The Morgan fingerprint density at radius 3 is 2.82 bits per heavy atom. The molecule has 0 fully saturated rings. The highest BCUT2D eigenvalue weighted by Gasteiger charge is 2.16. The van der Waals surface area contributed by atoms with Crippen LogP contribution in [0.1, 0.15) is 50.8 Å². The van der Waals surface area contributed by atoms with Crippen molar-refractivity contribution in [1.29, 1.82) is 0 Å². The molecule has 0 radical (unpaired) electrons. The minimum absolute atomic E-state index is 0.468. The first-order valence-corrected chi connectivity index (χ1v) is 6.76. The van der Waals surface area contributed by atoms with Crippen LogP contribution in [-0.2, 0) is 6.42 Å². The lowest BCUT2D eigenvalue weighted by molar-refractivity contribution is 0.356. The van der Waals surface area contributed by atoms with Gasteiger partial charge in [-0.25, -0.2) is 0 Å². The van der Waals surface area contributed by atoms with Crippen LogP contribution in [0.2, 0.25) is 0 Å². The Kier molecular flexibility index (Phi) is 4.06. The number of benzene rings is 1. The van der Waals surface area contributed by atoms with Crippen molar-refractivity contribution < 1.29 is 4.74 Å². The summed E-state index contributed by atoms with van der Waals surface area (Å²) in [6.07, 6.45) is 3.36. The van der Waals surface area contributed by atoms with E-state index in [9.17, 15) is 0 Å². The molecular formula is C15H23NO. The van der Waals surface area contributed by atoms with Crippen molar-refractivity contribution in [2.75, 3.05) is 6.61 Å². The fraction of sp³-hybridized carbons (Fsp3) is 0.600. The molecule has 2 unspecified atom stereocenters. The molecule has 1 heterocycles. The summed E-state index contributed by atoms with van der Waals surface area (Å²) in [6.45, 7) is 7.55. The Bertz CT molecular complexity index is 375. The molecule has 2 nitrogen and oxygen atoms in total. The summed E-state index contributed by atoms with van der Waals surface area (Å²) < 4.78 is 5.55. The zero-order valence-electron chi connectivity index (χ0n) is 11.1. The molecular weight excluding hydrogens is 210 g/mol. The molecule has 0 bridgehead atoms. The second-order valence-electron chi connectivity index (χ2n) is 4.90. The standard InChI is InChI=1S/C15H23NO/c1-4-11(3)16-14(5-2)12-6-7-15-13(10-12)8-9-17-15/h6-7,10-11,14,16H,4-5,8-9H2,1-3H3. The van der Waals surface area contributed by atoms with Crippen LogP contribution in [-0.4, -0.2) is 12.6 Å². The number of ether oxygens (including phenoxy) is 1. The van der Waals surface area contributed by atoms with Gasteiger partial charge in [-0.1, -0.05) is 26.0 Å². The van der Waals surface area contributed by atoms with Gasteiger partial charge in [-0.05, 0) is 37.0 Å². The number of fused-ring (bicyclic) bond motifs is 1. The van der Waals surface area contributed by atoms with Crippen LogP contribution in [0.4, 0.5) is 0 Å². The van der Waals surface area contributed by atoms with Crippen LogP contribution in [0.25, 0.3) is 0 Å². The Balaban J connectivity index is 2.14. The molecule has 1 aliphatic rings. The molecule has 2 rings (SSSR count). The Morgan fingerprint density at radius 1 is 1.29 bits per heavy atom. The number of hydrogen-bond acceptors (Lipinski definition) is 2. The molecule has 0 spiro atoms. The van der Waals surface area contributed by atoms with Gasteiger partial charge in [-0.15, -0.1) is 0 Å². The quantitative estimate of drug-likeness (QED) is 0.841. The molecule has 1 aromatic rings. The minimum atomic E-state index is 0.468. The van der Waals surface area contributed by atoms with E-state index in [4.69, 9.17) is 4.74 Å². The second-order valence-corrected chi connectivity index (χ2v) is 4.90. The monoisotopic (exact) mass is 233 g/mol. The van der Waals surface area contributed by atoms with E-state index in [1.807, 2.05) is 0 Å². The Labute approximate surface area is 104 Å². The van der Waals surface area contributed by atoms with E-state index in [1.165, 1.54) is 17.5 Å². The van der Waals surface area contributed by atoms with Crippen molar-refractivity contribution in [1.82, 2.24) is 5.32 Å². The van der Waals surface area contributed by atoms with E-state index in [2.05, 4.69) is 44.3 Å². The van der Waals surface area contributed by atoms with Crippen LogP contribution >= 0.6 is 0 Å². The summed E-state index contributed by atoms with van der Waals surface area (Å²) in [6, 6.07) is 7.68. The summed E-state index contributed by atoms with van der Waals surface area (Å²) in [4.78, 5) is 0. The van der Waals surface area contributed by atoms with Gasteiger partial charge in [0.15, 0.2) is 0 Å². The van der Waals surface area contributed by atoms with Gasteiger partial charge in [0, 0.05) is 18.5 Å². The fourth-order valence-corrected chi connectivity index (χ4v) is 2.33. The summed E-state index contributed by atoms with van der Waals surface area (Å²) >= 11 is 0. The Hall–Kier alpha value is -1.02. The van der Waals surface area contributed by atoms with E-state index in [0.29, 0.717) is 12.1 Å². The Morgan fingerprint density at radius 2 is 2.12 bits per heavy atom. The summed E-state index contributed by atoms with van der Waals surface area (Å²) in [5.74, 6) is 1.08. The summed E-state index contributed by atoms with van der Waals surface area (Å²) in [7, 11) is 0. The molecule has 1 N–H and O–H groups in total. The first kappa shape index (κ1) is 12.4. The van der Waals surface area contributed by atoms with Crippen molar-refractivity contribution in [3.63, 3.8) is 0 Å². The minimum Gasteiger partial charge on any atom is -0.493 e. The first-order valence-electron chi connectivity index (χ1n) is 6.76. The third-order valence-electron chi connectivity index (χ3n) is 3.62. The van der Waals surface area contributed by atoms with Crippen molar-refractivity contribution in [3.05, 3.63) is 29.3 Å². The summed E-state index contributed by atoms with van der Waals surface area (Å²) in [5, 5.41) is 3.68. The number of nitrogens with one attached hydrogen (secondary N) is 1. The molecule has 17 heavy (non-hydrogen) atoms. The second kappa shape index (κ2) is 5.54. The average molecular weight is 233 g/mol. The van der Waals surface area contributed by atoms with Gasteiger partial charge in [-0.3, -0.25) is 0 Å². The van der Waals surface area contributed by atoms with E-state index in [-0.39, 0.29) is 0 Å². The largest absolute Gasteiger partial charge is 0.493 e. The molecule has 0 amide bonds. The SMILES string of the molecule is CCC(C)NC(CC)c1ccc2c(c1)CCO2. The van der Waals surface area contributed by atoms with E-state index >= 15 is 0 Å². The van der Waals surface area contributed by atoms with Crippen molar-refractivity contribution in [2.24, 2.45) is 0 Å². The lowest BCUT2D eigenvalue weighted by atomic mass is 10.00. The van der Waals surface area contributed by atoms with Gasteiger partial charge in [0.25, 0.3) is 0 Å². The average Bonchev–Trinajstić information content (AvgIpc) is 2.82. The fourth-order valence-electron chi connectivity index (χ4n) is 2.33. The third-order valence-corrected chi connectivity index (χ3v) is 3.62. The van der Waals surface area contributed by atoms with Crippen LogP contribution < -0.4 is 10.1 Å². The van der Waals surface area contributed by atoms with Gasteiger partial charge in [-0.2, -0.15) is 0 Å². The first-order chi connectivity index (χ1) is 8.24. The molecule has 0 aliphatic carbocycles. The van der Waals surface area contributed by atoms with E-state index < -0.39 is 0 Å². The van der Waals surface area contributed by atoms with Crippen LogP contribution in [0, 0.1) is 0 Å². The van der Waals surface area contributed by atoms with Crippen LogP contribution in [0.5, 0.6) is 5.75 Å². The highest BCUT2D eigenvalue weighted by atomic mass is 16.5. The maximum absolute atomic E-state index is 5.55. The highest BCUT2D eigenvalue weighted by molar-refractivity contribution is 5.40. The molecule has 0 saturated heterocycles. The lowest BCUT2D eigenvalue weighted by Crippen LogP contribution is -2.29. The van der Waals surface area contributed by atoms with Gasteiger partial charge in [0.1, 0.15) is 5.75 Å². The maximum atomic E-state index is 5.55. The van der Waals surface area contributed by atoms with Gasteiger partial charge >= 0.3 is 0 Å². The smallest absolute Gasteiger partial charge is 0.122 e. The van der Waals surface area contributed by atoms with Crippen LogP contribution in [0.15, 0.2) is 18.2 Å².